The zero-order valence-corrected chi connectivity index (χ0v) is 9.68. The molecule has 0 saturated heterocycles. The average Bonchev–Trinajstić information content (AvgIpc) is 2.05. The van der Waals surface area contributed by atoms with Gasteiger partial charge >= 0.3 is 0 Å². The number of rotatable bonds is 7. The molecule has 0 amide bonds. The normalized spacial score (nSPS) is 10.9. The molecule has 0 spiro atoms. The summed E-state index contributed by atoms with van der Waals surface area (Å²) in [6.07, 6.45) is 5.79. The molecule has 0 unspecified atom stereocenters. The van der Waals surface area contributed by atoms with Gasteiger partial charge < -0.3 is 0 Å². The number of unbranched alkanes of at least 4 members (excludes halogenated alkanes) is 2. The van der Waals surface area contributed by atoms with Crippen LogP contribution in [0, 0.1) is 0 Å². The molecular formula is C10H24Si. The lowest BCUT2D eigenvalue weighted by Gasteiger charge is -2.10. The van der Waals surface area contributed by atoms with Crippen molar-refractivity contribution in [3.63, 3.8) is 0 Å². The molecule has 0 N–H and O–H groups in total. The van der Waals surface area contributed by atoms with Crippen molar-refractivity contribution in [3.8, 4) is 0 Å². The number of hydrogen-bond acceptors (Lipinski definition) is 0. The van der Waals surface area contributed by atoms with Crippen molar-refractivity contribution < 1.29 is 0 Å². The van der Waals surface area contributed by atoms with Crippen LogP contribution in [-0.4, -0.2) is 8.80 Å². The second-order valence-corrected chi connectivity index (χ2v) is 7.26. The minimum atomic E-state index is -0.248. The van der Waals surface area contributed by atoms with E-state index in [1.54, 1.807) is 12.1 Å². The van der Waals surface area contributed by atoms with Gasteiger partial charge in [-0.1, -0.05) is 64.6 Å². The molecule has 0 saturated carbocycles. The summed E-state index contributed by atoms with van der Waals surface area (Å²) in [6.45, 7) is 7.00. The zero-order valence-electron chi connectivity index (χ0n) is 8.53. The Balaban J connectivity index is 3.25. The molecule has 0 heterocycles. The Labute approximate surface area is 74.0 Å². The lowest BCUT2D eigenvalue weighted by molar-refractivity contribution is 0.837. The average molecular weight is 172 g/mol. The van der Waals surface area contributed by atoms with Gasteiger partial charge in [0.15, 0.2) is 0 Å². The van der Waals surface area contributed by atoms with E-state index in [4.69, 9.17) is 0 Å². The Morgan fingerprint density at radius 3 is 1.55 bits per heavy atom. The summed E-state index contributed by atoms with van der Waals surface area (Å²) < 4.78 is 0. The fourth-order valence-corrected chi connectivity index (χ4v) is 4.61. The fourth-order valence-electron chi connectivity index (χ4n) is 1.54. The van der Waals surface area contributed by atoms with Gasteiger partial charge in [-0.25, -0.2) is 0 Å². The van der Waals surface area contributed by atoms with Crippen LogP contribution >= 0.6 is 0 Å². The van der Waals surface area contributed by atoms with Crippen molar-refractivity contribution in [2.45, 2.75) is 64.6 Å². The highest BCUT2D eigenvalue weighted by molar-refractivity contribution is 6.58. The Bertz CT molecular complexity index is 63.3. The minimum Gasteiger partial charge on any atom is -0.0680 e. The van der Waals surface area contributed by atoms with Crippen LogP contribution in [0.15, 0.2) is 0 Å². The maximum absolute atomic E-state index is 2.39. The van der Waals surface area contributed by atoms with Crippen molar-refractivity contribution >= 4 is 8.80 Å². The van der Waals surface area contributed by atoms with Crippen LogP contribution in [0.25, 0.3) is 0 Å². The van der Waals surface area contributed by atoms with Gasteiger partial charge in [0.1, 0.15) is 0 Å². The van der Waals surface area contributed by atoms with Crippen molar-refractivity contribution in [2.24, 2.45) is 0 Å². The predicted molar refractivity (Wildman–Crippen MR) is 57.1 cm³/mol. The molecule has 68 valence electrons. The zero-order chi connectivity index (χ0) is 8.53. The molecule has 0 radical (unpaired) electrons. The van der Waals surface area contributed by atoms with E-state index in [1.807, 2.05) is 0 Å². The van der Waals surface area contributed by atoms with E-state index in [2.05, 4.69) is 20.8 Å². The molecule has 0 aliphatic heterocycles. The van der Waals surface area contributed by atoms with Crippen molar-refractivity contribution in [1.29, 1.82) is 0 Å². The largest absolute Gasteiger partial charge is 0.0680 e. The van der Waals surface area contributed by atoms with Crippen LogP contribution in [0.2, 0.25) is 18.1 Å². The molecule has 11 heavy (non-hydrogen) atoms. The Morgan fingerprint density at radius 2 is 1.27 bits per heavy atom. The first-order valence-corrected chi connectivity index (χ1v) is 7.80. The van der Waals surface area contributed by atoms with Gasteiger partial charge in [0.2, 0.25) is 0 Å². The summed E-state index contributed by atoms with van der Waals surface area (Å²) in [6, 6.07) is 4.74. The third kappa shape index (κ3) is 6.61. The highest BCUT2D eigenvalue weighted by atomic mass is 28.3. The molecule has 0 aliphatic rings. The first kappa shape index (κ1) is 11.2. The van der Waals surface area contributed by atoms with Crippen LogP contribution in [0.5, 0.6) is 0 Å². The molecule has 0 aromatic heterocycles. The summed E-state index contributed by atoms with van der Waals surface area (Å²) in [4.78, 5) is 0. The van der Waals surface area contributed by atoms with E-state index >= 15 is 0 Å². The van der Waals surface area contributed by atoms with E-state index in [0.29, 0.717) is 0 Å². The summed E-state index contributed by atoms with van der Waals surface area (Å²) in [5.41, 5.74) is 0. The van der Waals surface area contributed by atoms with Gasteiger partial charge in [-0.05, 0) is 0 Å². The Hall–Kier alpha value is 0.217. The van der Waals surface area contributed by atoms with Crippen LogP contribution in [0.1, 0.15) is 46.5 Å². The predicted octanol–water partition coefficient (Wildman–Crippen LogP) is 3.83. The molecular weight excluding hydrogens is 148 g/mol. The molecule has 0 bridgehead atoms. The van der Waals surface area contributed by atoms with Gasteiger partial charge in [-0.15, -0.1) is 0 Å². The third-order valence-electron chi connectivity index (χ3n) is 2.51. The molecule has 0 fully saturated rings. The molecule has 0 nitrogen and oxygen atoms in total. The molecule has 1 heteroatoms. The van der Waals surface area contributed by atoms with Crippen LogP contribution < -0.4 is 0 Å². The van der Waals surface area contributed by atoms with Gasteiger partial charge in [0.25, 0.3) is 0 Å². The van der Waals surface area contributed by atoms with E-state index in [0.717, 1.165) is 0 Å². The molecule has 0 rings (SSSR count). The minimum absolute atomic E-state index is 0.248. The Kier molecular flexibility index (Phi) is 8.48. The second-order valence-electron chi connectivity index (χ2n) is 3.56. The van der Waals surface area contributed by atoms with Crippen molar-refractivity contribution in [3.05, 3.63) is 0 Å². The quantitative estimate of drug-likeness (QED) is 0.512. The van der Waals surface area contributed by atoms with Gasteiger partial charge in [-0.2, -0.15) is 0 Å². The SMILES string of the molecule is CCCC[SiH](CC)CCCC. The summed E-state index contributed by atoms with van der Waals surface area (Å²) in [5, 5.41) is 0. The molecule has 0 atom stereocenters. The fraction of sp³-hybridized carbons (Fsp3) is 1.00. The van der Waals surface area contributed by atoms with E-state index in [1.165, 1.54) is 31.7 Å². The van der Waals surface area contributed by atoms with Gasteiger partial charge in [-0.3, -0.25) is 0 Å². The van der Waals surface area contributed by atoms with Crippen molar-refractivity contribution in [2.75, 3.05) is 0 Å². The summed E-state index contributed by atoms with van der Waals surface area (Å²) in [7, 11) is -0.248. The topological polar surface area (TPSA) is 0 Å². The first-order valence-electron chi connectivity index (χ1n) is 5.35. The lowest BCUT2D eigenvalue weighted by atomic mass is 10.4. The second kappa shape index (κ2) is 8.31. The van der Waals surface area contributed by atoms with Crippen LogP contribution in [0.4, 0.5) is 0 Å². The lowest BCUT2D eigenvalue weighted by Crippen LogP contribution is -2.09. The standard InChI is InChI=1S/C10H24Si/c1-4-7-9-11(6-3)10-8-5-2/h11H,4-10H2,1-3H3. The maximum Gasteiger partial charge on any atom is 0.0365 e. The van der Waals surface area contributed by atoms with E-state index in [-0.39, 0.29) is 8.80 Å². The maximum atomic E-state index is 2.39. The smallest absolute Gasteiger partial charge is 0.0365 e. The van der Waals surface area contributed by atoms with E-state index in [9.17, 15) is 0 Å². The van der Waals surface area contributed by atoms with Crippen molar-refractivity contribution in [1.82, 2.24) is 0 Å². The monoisotopic (exact) mass is 172 g/mol. The van der Waals surface area contributed by atoms with E-state index < -0.39 is 0 Å². The van der Waals surface area contributed by atoms with Crippen LogP contribution in [0.3, 0.4) is 0 Å². The number of hydrogen-bond donors (Lipinski definition) is 0. The molecule has 0 aromatic rings. The summed E-state index contributed by atoms with van der Waals surface area (Å²) >= 11 is 0. The Morgan fingerprint density at radius 1 is 0.818 bits per heavy atom. The molecule has 0 aliphatic carbocycles. The third-order valence-corrected chi connectivity index (χ3v) is 6.11. The highest BCUT2D eigenvalue weighted by Gasteiger charge is 2.05. The van der Waals surface area contributed by atoms with Crippen LogP contribution in [-0.2, 0) is 0 Å². The van der Waals surface area contributed by atoms with Gasteiger partial charge in [0.05, 0.1) is 0 Å². The van der Waals surface area contributed by atoms with Gasteiger partial charge in [0, 0.05) is 8.80 Å². The molecule has 0 aromatic carbocycles. The summed E-state index contributed by atoms with van der Waals surface area (Å²) in [5.74, 6) is 0. The highest BCUT2D eigenvalue weighted by Crippen LogP contribution is 2.12. The first-order chi connectivity index (χ1) is 5.35.